The second-order valence-electron chi connectivity index (χ2n) is 7.67. The van der Waals surface area contributed by atoms with E-state index in [2.05, 4.69) is 10.6 Å². The largest absolute Gasteiger partial charge is 0.486 e. The van der Waals surface area contributed by atoms with Crippen LogP contribution in [-0.2, 0) is 11.0 Å². The number of ether oxygens (including phenoxy) is 2. The molecule has 0 saturated carbocycles. The summed E-state index contributed by atoms with van der Waals surface area (Å²) in [4.78, 5) is 28.1. The van der Waals surface area contributed by atoms with Crippen LogP contribution in [-0.4, -0.2) is 62.8 Å². The van der Waals surface area contributed by atoms with E-state index in [0.717, 1.165) is 12.1 Å². The molecule has 33 heavy (non-hydrogen) atoms. The Kier molecular flexibility index (Phi) is 6.59. The molecule has 2 heterocycles. The lowest BCUT2D eigenvalue weighted by atomic mass is 10.1. The van der Waals surface area contributed by atoms with Crippen molar-refractivity contribution in [3.8, 4) is 11.5 Å². The minimum atomic E-state index is -4.39. The summed E-state index contributed by atoms with van der Waals surface area (Å²) >= 11 is 0. The highest BCUT2D eigenvalue weighted by atomic mass is 19.4. The van der Waals surface area contributed by atoms with Crippen molar-refractivity contribution in [1.29, 1.82) is 0 Å². The minimum Gasteiger partial charge on any atom is -0.486 e. The van der Waals surface area contributed by atoms with Gasteiger partial charge in [-0.05, 0) is 30.3 Å². The smallest absolute Gasteiger partial charge is 0.416 e. The molecule has 4 rings (SSSR count). The molecule has 11 heteroatoms. The molecule has 3 amide bonds. The van der Waals surface area contributed by atoms with Gasteiger partial charge in [0.2, 0.25) is 5.91 Å². The Morgan fingerprint density at radius 2 is 1.67 bits per heavy atom. The van der Waals surface area contributed by atoms with Gasteiger partial charge >= 0.3 is 12.2 Å². The predicted octanol–water partition coefficient (Wildman–Crippen LogP) is 2.95. The number of nitrogens with zero attached hydrogens (tertiary/aromatic N) is 2. The molecule has 0 unspecified atom stereocenters. The maximum absolute atomic E-state index is 12.9. The van der Waals surface area contributed by atoms with Crippen molar-refractivity contribution in [2.45, 2.75) is 6.18 Å². The molecule has 2 aliphatic rings. The summed E-state index contributed by atoms with van der Waals surface area (Å²) in [7, 11) is 0. The van der Waals surface area contributed by atoms with Crippen LogP contribution in [0.4, 0.5) is 29.3 Å². The number of carbonyl (C=O) groups excluding carboxylic acids is 2. The van der Waals surface area contributed by atoms with Gasteiger partial charge in [0.15, 0.2) is 11.5 Å². The van der Waals surface area contributed by atoms with Crippen LogP contribution in [0.1, 0.15) is 5.56 Å². The Morgan fingerprint density at radius 3 is 2.39 bits per heavy atom. The third-order valence-corrected chi connectivity index (χ3v) is 5.33. The van der Waals surface area contributed by atoms with Crippen LogP contribution in [0, 0.1) is 0 Å². The van der Waals surface area contributed by atoms with E-state index in [1.807, 2.05) is 9.80 Å². The number of hydrogen-bond acceptors (Lipinski definition) is 6. The second kappa shape index (κ2) is 9.57. The number of halogens is 3. The molecular weight excluding hydrogens is 441 g/mol. The van der Waals surface area contributed by atoms with Crippen LogP contribution in [0.2, 0.25) is 0 Å². The summed E-state index contributed by atoms with van der Waals surface area (Å²) in [5.74, 6) is 0.633. The maximum Gasteiger partial charge on any atom is 0.416 e. The molecule has 0 aliphatic carbocycles. The lowest BCUT2D eigenvalue weighted by Gasteiger charge is -2.35. The Hall–Kier alpha value is -3.47. The molecule has 0 aromatic heterocycles. The van der Waals surface area contributed by atoms with E-state index in [9.17, 15) is 22.8 Å². The van der Waals surface area contributed by atoms with Crippen LogP contribution in [0.5, 0.6) is 11.5 Å². The summed E-state index contributed by atoms with van der Waals surface area (Å²) in [5, 5.41) is 4.86. The third kappa shape index (κ3) is 5.86. The van der Waals surface area contributed by atoms with Gasteiger partial charge in [-0.3, -0.25) is 15.0 Å². The zero-order valence-electron chi connectivity index (χ0n) is 17.7. The minimum absolute atomic E-state index is 0.00495. The van der Waals surface area contributed by atoms with Gasteiger partial charge in [0.25, 0.3) is 0 Å². The number of carbonyl (C=O) groups is 2. The number of anilines is 2. The quantitative estimate of drug-likeness (QED) is 0.724. The first-order valence-corrected chi connectivity index (χ1v) is 10.4. The van der Waals surface area contributed by atoms with Crippen LogP contribution >= 0.6 is 0 Å². The molecule has 2 aromatic rings. The number of hydrogen-bond donors (Lipinski definition) is 2. The Balaban J connectivity index is 1.23. The van der Waals surface area contributed by atoms with Gasteiger partial charge in [-0.2, -0.15) is 13.2 Å². The number of alkyl halides is 3. The second-order valence-corrected chi connectivity index (χ2v) is 7.67. The van der Waals surface area contributed by atoms with Gasteiger partial charge in [-0.25, -0.2) is 4.79 Å². The fraction of sp³-hybridized carbons (Fsp3) is 0.364. The molecule has 8 nitrogen and oxygen atoms in total. The summed E-state index contributed by atoms with van der Waals surface area (Å²) in [6, 6.07) is 9.47. The number of imide groups is 1. The van der Waals surface area contributed by atoms with E-state index in [0.29, 0.717) is 62.3 Å². The molecule has 0 radical (unpaired) electrons. The van der Waals surface area contributed by atoms with E-state index in [1.165, 1.54) is 6.07 Å². The lowest BCUT2D eigenvalue weighted by molar-refractivity contribution is -0.137. The standard InChI is InChI=1S/C22H23F3N4O4/c23-22(24,25)15-2-1-3-17(12-15)29-8-6-28(7-9-29)14-20(30)27-21(31)26-16-4-5-18-19(13-16)33-11-10-32-18/h1-5,12-13H,6-11,14H2,(H2,26,27,30,31). The molecule has 0 atom stereocenters. The first-order chi connectivity index (χ1) is 15.8. The predicted molar refractivity (Wildman–Crippen MR) is 115 cm³/mol. The Bertz CT molecular complexity index is 1020. The van der Waals surface area contributed by atoms with Crippen molar-refractivity contribution in [2.75, 3.05) is 56.2 Å². The zero-order valence-corrected chi connectivity index (χ0v) is 17.7. The average molecular weight is 464 g/mol. The topological polar surface area (TPSA) is 83.1 Å². The van der Waals surface area contributed by atoms with Crippen molar-refractivity contribution in [1.82, 2.24) is 10.2 Å². The summed E-state index contributed by atoms with van der Waals surface area (Å²) in [6.07, 6.45) is -4.39. The highest BCUT2D eigenvalue weighted by Crippen LogP contribution is 2.33. The Labute approximate surface area is 188 Å². The number of rotatable bonds is 4. The number of urea groups is 1. The van der Waals surface area contributed by atoms with E-state index < -0.39 is 23.7 Å². The number of benzene rings is 2. The van der Waals surface area contributed by atoms with Gasteiger partial charge in [0.1, 0.15) is 13.2 Å². The van der Waals surface area contributed by atoms with E-state index >= 15 is 0 Å². The summed E-state index contributed by atoms with van der Waals surface area (Å²) in [6.45, 7) is 2.78. The SMILES string of the molecule is O=C(CN1CCN(c2cccc(C(F)(F)F)c2)CC1)NC(=O)Nc1ccc2c(c1)OCCO2. The normalized spacial score (nSPS) is 16.3. The van der Waals surface area contributed by atoms with Gasteiger partial charge in [0.05, 0.1) is 12.1 Å². The number of nitrogens with one attached hydrogen (secondary N) is 2. The van der Waals surface area contributed by atoms with Gasteiger partial charge in [-0.1, -0.05) is 6.07 Å². The van der Waals surface area contributed by atoms with Crippen molar-refractivity contribution in [3.05, 3.63) is 48.0 Å². The van der Waals surface area contributed by atoms with Crippen LogP contribution in [0.15, 0.2) is 42.5 Å². The monoisotopic (exact) mass is 464 g/mol. The summed E-state index contributed by atoms with van der Waals surface area (Å²) in [5.41, 5.74) is 0.262. The fourth-order valence-corrected chi connectivity index (χ4v) is 3.70. The van der Waals surface area contributed by atoms with E-state index in [1.54, 1.807) is 24.3 Å². The molecule has 0 bridgehead atoms. The molecular formula is C22H23F3N4O4. The van der Waals surface area contributed by atoms with Crippen molar-refractivity contribution >= 4 is 23.3 Å². The van der Waals surface area contributed by atoms with Crippen molar-refractivity contribution in [3.63, 3.8) is 0 Å². The van der Waals surface area contributed by atoms with E-state index in [-0.39, 0.29) is 6.54 Å². The number of amides is 3. The van der Waals surface area contributed by atoms with Gasteiger partial charge in [-0.15, -0.1) is 0 Å². The zero-order chi connectivity index (χ0) is 23.4. The van der Waals surface area contributed by atoms with Crippen LogP contribution < -0.4 is 25.0 Å². The molecule has 1 saturated heterocycles. The molecule has 2 N–H and O–H groups in total. The van der Waals surface area contributed by atoms with Crippen LogP contribution in [0.3, 0.4) is 0 Å². The van der Waals surface area contributed by atoms with Gasteiger partial charge < -0.3 is 19.7 Å². The van der Waals surface area contributed by atoms with Crippen molar-refractivity contribution < 1.29 is 32.2 Å². The molecule has 0 spiro atoms. The highest BCUT2D eigenvalue weighted by molar-refractivity contribution is 6.01. The summed E-state index contributed by atoms with van der Waals surface area (Å²) < 4.78 is 49.7. The first kappa shape index (κ1) is 22.7. The number of piperazine rings is 1. The number of fused-ring (bicyclic) bond motifs is 1. The highest BCUT2D eigenvalue weighted by Gasteiger charge is 2.31. The van der Waals surface area contributed by atoms with Gasteiger partial charge in [0, 0.05) is 43.6 Å². The Morgan fingerprint density at radius 1 is 0.939 bits per heavy atom. The average Bonchev–Trinajstić information content (AvgIpc) is 2.79. The third-order valence-electron chi connectivity index (χ3n) is 5.33. The maximum atomic E-state index is 12.9. The molecule has 2 aliphatic heterocycles. The molecule has 176 valence electrons. The lowest BCUT2D eigenvalue weighted by Crippen LogP contribution is -2.50. The fourth-order valence-electron chi connectivity index (χ4n) is 3.70. The van der Waals surface area contributed by atoms with Crippen molar-refractivity contribution in [2.24, 2.45) is 0 Å². The van der Waals surface area contributed by atoms with E-state index in [4.69, 9.17) is 9.47 Å². The molecule has 1 fully saturated rings. The molecule has 2 aromatic carbocycles. The van der Waals surface area contributed by atoms with Crippen LogP contribution in [0.25, 0.3) is 0 Å². The first-order valence-electron chi connectivity index (χ1n) is 10.4.